The van der Waals surface area contributed by atoms with Crippen LogP contribution in [-0.4, -0.2) is 10.8 Å². The van der Waals surface area contributed by atoms with Gasteiger partial charge in [-0.3, -0.25) is 4.79 Å². The zero-order valence-corrected chi connectivity index (χ0v) is 8.67. The molecule has 0 aliphatic heterocycles. The third-order valence-electron chi connectivity index (χ3n) is 2.44. The molecule has 15 heavy (non-hydrogen) atoms. The Bertz CT molecular complexity index is 513. The fourth-order valence-electron chi connectivity index (χ4n) is 1.65. The Kier molecular flexibility index (Phi) is 2.31. The Morgan fingerprint density at radius 1 is 1.40 bits per heavy atom. The number of fused-ring (bicyclic) bond motifs is 1. The molecule has 78 valence electrons. The first kappa shape index (κ1) is 9.90. The topological polar surface area (TPSA) is 32.9 Å². The molecular weight excluding hydrogens is 193 g/mol. The van der Waals surface area contributed by atoms with E-state index in [4.69, 9.17) is 0 Å². The van der Waals surface area contributed by atoms with Gasteiger partial charge in [-0.25, -0.2) is 4.39 Å². The summed E-state index contributed by atoms with van der Waals surface area (Å²) in [5.41, 5.74) is 1.11. The fraction of sp³-hybridized carbons (Fsp3) is 0.250. The lowest BCUT2D eigenvalue weighted by Crippen LogP contribution is -2.06. The normalized spacial score (nSPS) is 11.2. The molecule has 0 bridgehead atoms. The molecule has 0 unspecified atom stereocenters. The van der Waals surface area contributed by atoms with Gasteiger partial charge in [-0.05, 0) is 12.1 Å². The summed E-state index contributed by atoms with van der Waals surface area (Å²) in [6.07, 6.45) is 1.58. The molecule has 2 rings (SSSR count). The minimum absolute atomic E-state index is 0.0358. The van der Waals surface area contributed by atoms with Gasteiger partial charge in [0.15, 0.2) is 5.78 Å². The molecule has 1 aromatic carbocycles. The number of rotatable bonds is 2. The van der Waals surface area contributed by atoms with Crippen molar-refractivity contribution in [2.24, 2.45) is 5.92 Å². The molecule has 0 atom stereocenters. The lowest BCUT2D eigenvalue weighted by atomic mass is 10.0. The van der Waals surface area contributed by atoms with Gasteiger partial charge in [0, 0.05) is 28.6 Å². The number of benzene rings is 1. The minimum Gasteiger partial charge on any atom is -0.360 e. The van der Waals surface area contributed by atoms with Crippen LogP contribution in [0.1, 0.15) is 24.2 Å². The lowest BCUT2D eigenvalue weighted by molar-refractivity contribution is 0.0941. The molecule has 0 amide bonds. The van der Waals surface area contributed by atoms with E-state index in [0.29, 0.717) is 16.5 Å². The number of ketones is 1. The second kappa shape index (κ2) is 3.50. The van der Waals surface area contributed by atoms with Gasteiger partial charge in [0.1, 0.15) is 5.82 Å². The molecule has 0 saturated heterocycles. The highest BCUT2D eigenvalue weighted by molar-refractivity contribution is 6.08. The average molecular weight is 205 g/mol. The molecule has 2 nitrogen and oxygen atoms in total. The summed E-state index contributed by atoms with van der Waals surface area (Å²) in [6.45, 7) is 3.62. The first-order valence-electron chi connectivity index (χ1n) is 4.91. The van der Waals surface area contributed by atoms with Crippen LogP contribution in [0.25, 0.3) is 10.9 Å². The summed E-state index contributed by atoms with van der Waals surface area (Å²) in [5.74, 6) is -0.507. The number of aromatic nitrogens is 1. The van der Waals surface area contributed by atoms with Crippen molar-refractivity contribution >= 4 is 16.7 Å². The zero-order chi connectivity index (χ0) is 11.0. The zero-order valence-electron chi connectivity index (χ0n) is 8.67. The molecule has 1 heterocycles. The average Bonchev–Trinajstić information content (AvgIpc) is 2.61. The van der Waals surface area contributed by atoms with Crippen molar-refractivity contribution in [2.75, 3.05) is 0 Å². The molecule has 1 aromatic heterocycles. The minimum atomic E-state index is -0.349. The van der Waals surface area contributed by atoms with Crippen LogP contribution in [0, 0.1) is 11.7 Å². The Morgan fingerprint density at radius 3 is 2.80 bits per heavy atom. The number of H-pyrrole nitrogens is 1. The van der Waals surface area contributed by atoms with Crippen LogP contribution in [0.4, 0.5) is 4.39 Å². The van der Waals surface area contributed by atoms with E-state index in [0.717, 1.165) is 0 Å². The summed E-state index contributed by atoms with van der Waals surface area (Å²) < 4.78 is 13.5. The van der Waals surface area contributed by atoms with Crippen LogP contribution in [-0.2, 0) is 0 Å². The van der Waals surface area contributed by atoms with Crippen LogP contribution in [0.2, 0.25) is 0 Å². The predicted octanol–water partition coefficient (Wildman–Crippen LogP) is 3.15. The van der Waals surface area contributed by atoms with Gasteiger partial charge in [0.05, 0.1) is 0 Å². The standard InChI is InChI=1S/C12H12FNO/c1-7(2)12(15)8-6-14-10-5-3-4-9(13)11(8)10/h3-7,14H,1-2H3. The largest absolute Gasteiger partial charge is 0.360 e. The molecule has 0 aliphatic carbocycles. The maximum Gasteiger partial charge on any atom is 0.167 e. The smallest absolute Gasteiger partial charge is 0.167 e. The molecule has 0 radical (unpaired) electrons. The molecule has 0 aliphatic rings. The van der Waals surface area contributed by atoms with Crippen LogP contribution in [0.3, 0.4) is 0 Å². The number of carbonyl (C=O) groups excluding carboxylic acids is 1. The highest BCUT2D eigenvalue weighted by Crippen LogP contribution is 2.23. The van der Waals surface area contributed by atoms with Gasteiger partial charge >= 0.3 is 0 Å². The molecule has 1 N–H and O–H groups in total. The van der Waals surface area contributed by atoms with E-state index in [1.807, 2.05) is 13.8 Å². The van der Waals surface area contributed by atoms with E-state index in [1.54, 1.807) is 18.3 Å². The summed E-state index contributed by atoms with van der Waals surface area (Å²) >= 11 is 0. The van der Waals surface area contributed by atoms with E-state index >= 15 is 0 Å². The summed E-state index contributed by atoms with van der Waals surface area (Å²) in [5, 5.41) is 0.399. The van der Waals surface area contributed by atoms with Gasteiger partial charge < -0.3 is 4.98 Å². The molecule has 0 fully saturated rings. The van der Waals surface area contributed by atoms with Crippen LogP contribution >= 0.6 is 0 Å². The molecule has 0 spiro atoms. The van der Waals surface area contributed by atoms with Gasteiger partial charge in [-0.15, -0.1) is 0 Å². The first-order valence-corrected chi connectivity index (χ1v) is 4.91. The third-order valence-corrected chi connectivity index (χ3v) is 2.44. The van der Waals surface area contributed by atoms with Crippen LogP contribution in [0.5, 0.6) is 0 Å². The van der Waals surface area contributed by atoms with Crippen molar-refractivity contribution in [3.8, 4) is 0 Å². The summed E-state index contributed by atoms with van der Waals surface area (Å²) in [4.78, 5) is 14.7. The maximum atomic E-state index is 13.5. The molecule has 2 aromatic rings. The van der Waals surface area contributed by atoms with Crippen molar-refractivity contribution in [1.29, 1.82) is 0 Å². The Balaban J connectivity index is 2.67. The van der Waals surface area contributed by atoms with E-state index in [-0.39, 0.29) is 17.5 Å². The SMILES string of the molecule is CC(C)C(=O)c1c[nH]c2cccc(F)c12. The fourth-order valence-corrected chi connectivity index (χ4v) is 1.65. The number of halogens is 1. The quantitative estimate of drug-likeness (QED) is 0.750. The van der Waals surface area contributed by atoms with E-state index in [2.05, 4.69) is 4.98 Å². The number of hydrogen-bond donors (Lipinski definition) is 1. The predicted molar refractivity (Wildman–Crippen MR) is 57.4 cm³/mol. The van der Waals surface area contributed by atoms with E-state index in [9.17, 15) is 9.18 Å². The number of carbonyl (C=O) groups is 1. The molecule has 3 heteroatoms. The summed E-state index contributed by atoms with van der Waals surface area (Å²) in [6, 6.07) is 4.75. The number of hydrogen-bond acceptors (Lipinski definition) is 1. The number of Topliss-reactive ketones (excluding diaryl/α,β-unsaturated/α-hetero) is 1. The second-order valence-corrected chi connectivity index (χ2v) is 3.88. The van der Waals surface area contributed by atoms with E-state index in [1.165, 1.54) is 6.07 Å². The number of aromatic amines is 1. The first-order chi connectivity index (χ1) is 7.11. The van der Waals surface area contributed by atoms with Crippen LogP contribution < -0.4 is 0 Å². The van der Waals surface area contributed by atoms with Gasteiger partial charge in [0.2, 0.25) is 0 Å². The lowest BCUT2D eigenvalue weighted by Gasteiger charge is -2.02. The summed E-state index contributed by atoms with van der Waals surface area (Å²) in [7, 11) is 0. The monoisotopic (exact) mass is 205 g/mol. The van der Waals surface area contributed by atoms with Gasteiger partial charge in [0.25, 0.3) is 0 Å². The Labute approximate surface area is 87.1 Å². The third kappa shape index (κ3) is 1.54. The Hall–Kier alpha value is -1.64. The number of nitrogens with one attached hydrogen (secondary N) is 1. The van der Waals surface area contributed by atoms with Crippen LogP contribution in [0.15, 0.2) is 24.4 Å². The Morgan fingerprint density at radius 2 is 2.13 bits per heavy atom. The van der Waals surface area contributed by atoms with Gasteiger partial charge in [-0.2, -0.15) is 0 Å². The van der Waals surface area contributed by atoms with Crippen molar-refractivity contribution < 1.29 is 9.18 Å². The second-order valence-electron chi connectivity index (χ2n) is 3.88. The molecular formula is C12H12FNO. The van der Waals surface area contributed by atoms with Crippen molar-refractivity contribution in [2.45, 2.75) is 13.8 Å². The maximum absolute atomic E-state index is 13.5. The highest BCUT2D eigenvalue weighted by atomic mass is 19.1. The molecule has 0 saturated carbocycles. The van der Waals surface area contributed by atoms with Gasteiger partial charge in [-0.1, -0.05) is 19.9 Å². The van der Waals surface area contributed by atoms with E-state index < -0.39 is 0 Å². The van der Waals surface area contributed by atoms with Crippen molar-refractivity contribution in [3.63, 3.8) is 0 Å². The van der Waals surface area contributed by atoms with Crippen molar-refractivity contribution in [1.82, 2.24) is 4.98 Å². The highest BCUT2D eigenvalue weighted by Gasteiger charge is 2.17. The van der Waals surface area contributed by atoms with Crippen molar-refractivity contribution in [3.05, 3.63) is 35.8 Å².